The summed E-state index contributed by atoms with van der Waals surface area (Å²) in [7, 11) is 0. The molecule has 0 atom stereocenters. The summed E-state index contributed by atoms with van der Waals surface area (Å²) in [6.45, 7) is 3.99. The van der Waals surface area contributed by atoms with Gasteiger partial charge in [-0.05, 0) is 67.3 Å². The van der Waals surface area contributed by atoms with E-state index < -0.39 is 5.92 Å². The second-order valence-corrected chi connectivity index (χ2v) is 8.30. The molecule has 26 heavy (non-hydrogen) atoms. The molecule has 1 saturated carbocycles. The Kier molecular flexibility index (Phi) is 5.82. The molecule has 0 unspecified atom stereocenters. The minimum atomic E-state index is -0.573. The summed E-state index contributed by atoms with van der Waals surface area (Å²) in [5.41, 5.74) is 3.05. The van der Waals surface area contributed by atoms with Gasteiger partial charge < -0.3 is 5.11 Å². The monoisotopic (exact) mass is 368 g/mol. The molecule has 0 amide bonds. The molecule has 1 fully saturated rings. The van der Waals surface area contributed by atoms with Crippen LogP contribution in [0.25, 0.3) is 0 Å². The molecule has 1 aliphatic rings. The molecule has 1 aliphatic carbocycles. The highest BCUT2D eigenvalue weighted by Crippen LogP contribution is 2.35. The summed E-state index contributed by atoms with van der Waals surface area (Å²) < 4.78 is 0. The Bertz CT molecular complexity index is 793. The number of Topliss-reactive ketones (excluding diaryl/α,β-unsaturated/α-hetero) is 2. The van der Waals surface area contributed by atoms with Gasteiger partial charge in [-0.25, -0.2) is 0 Å². The van der Waals surface area contributed by atoms with Crippen molar-refractivity contribution in [3.8, 4) is 5.75 Å². The number of aromatic hydroxyl groups is 1. The number of phenols is 1. The van der Waals surface area contributed by atoms with Gasteiger partial charge in [0.1, 0.15) is 23.2 Å². The van der Waals surface area contributed by atoms with E-state index in [-0.39, 0.29) is 23.2 Å². The lowest BCUT2D eigenvalue weighted by molar-refractivity contribution is -0.133. The van der Waals surface area contributed by atoms with Gasteiger partial charge in [-0.3, -0.25) is 9.59 Å². The average molecular weight is 368 g/mol. The summed E-state index contributed by atoms with van der Waals surface area (Å²) in [5, 5.41) is 9.31. The molecule has 0 aromatic heterocycles. The summed E-state index contributed by atoms with van der Waals surface area (Å²) in [6, 6.07) is 13.1. The van der Waals surface area contributed by atoms with Gasteiger partial charge in [-0.15, -0.1) is 11.8 Å². The van der Waals surface area contributed by atoms with Gasteiger partial charge in [-0.2, -0.15) is 0 Å². The van der Waals surface area contributed by atoms with Crippen molar-refractivity contribution in [3.05, 3.63) is 59.2 Å². The first-order valence-corrected chi connectivity index (χ1v) is 9.97. The van der Waals surface area contributed by atoms with E-state index in [1.54, 1.807) is 23.9 Å². The minimum Gasteiger partial charge on any atom is -0.508 e. The van der Waals surface area contributed by atoms with Crippen molar-refractivity contribution in [3.63, 3.8) is 0 Å². The third-order valence-electron chi connectivity index (χ3n) is 4.99. The fourth-order valence-electron chi connectivity index (χ4n) is 3.64. The van der Waals surface area contributed by atoms with Crippen LogP contribution in [-0.2, 0) is 9.59 Å². The lowest BCUT2D eigenvalue weighted by atomic mass is 9.75. The third-order valence-corrected chi connectivity index (χ3v) is 6.04. The topological polar surface area (TPSA) is 54.4 Å². The van der Waals surface area contributed by atoms with Crippen molar-refractivity contribution in [2.45, 2.75) is 43.9 Å². The second-order valence-electron chi connectivity index (χ2n) is 7.13. The Hall–Kier alpha value is -2.07. The standard InChI is InChI=1S/C22H24O3S/c1-14-3-8-19(15(2)11-14)22-20(24)12-16(13-21(22)25)9-10-26-18-6-4-17(23)5-7-18/h3-8,11,16,22-23H,9-10,12-13H2,1-2H3. The first kappa shape index (κ1) is 18.7. The number of carbonyl (C=O) groups is 2. The van der Waals surface area contributed by atoms with Crippen LogP contribution in [0.2, 0.25) is 0 Å². The third kappa shape index (κ3) is 4.36. The largest absolute Gasteiger partial charge is 0.508 e. The Morgan fingerprint density at radius 2 is 1.65 bits per heavy atom. The smallest absolute Gasteiger partial charge is 0.148 e. The van der Waals surface area contributed by atoms with Crippen LogP contribution >= 0.6 is 11.8 Å². The number of thioether (sulfide) groups is 1. The van der Waals surface area contributed by atoms with Gasteiger partial charge >= 0.3 is 0 Å². The molecule has 0 aliphatic heterocycles. The van der Waals surface area contributed by atoms with E-state index in [1.807, 2.05) is 44.2 Å². The molecule has 0 saturated heterocycles. The number of hydrogen-bond donors (Lipinski definition) is 1. The first-order valence-electron chi connectivity index (χ1n) is 8.98. The zero-order valence-corrected chi connectivity index (χ0v) is 16.0. The fourth-order valence-corrected chi connectivity index (χ4v) is 4.66. The molecular formula is C22H24O3S. The van der Waals surface area contributed by atoms with Gasteiger partial charge in [0.05, 0.1) is 0 Å². The number of rotatable bonds is 5. The maximum absolute atomic E-state index is 12.7. The van der Waals surface area contributed by atoms with Gasteiger partial charge in [0.25, 0.3) is 0 Å². The van der Waals surface area contributed by atoms with Crippen LogP contribution < -0.4 is 0 Å². The lowest BCUT2D eigenvalue weighted by Crippen LogP contribution is -2.32. The van der Waals surface area contributed by atoms with Crippen LogP contribution in [0.4, 0.5) is 0 Å². The normalized spacial score (nSPS) is 20.4. The highest BCUT2D eigenvalue weighted by molar-refractivity contribution is 7.99. The first-order chi connectivity index (χ1) is 12.4. The van der Waals surface area contributed by atoms with Crippen molar-refractivity contribution in [1.82, 2.24) is 0 Å². The molecule has 0 heterocycles. The van der Waals surface area contributed by atoms with Gasteiger partial charge in [0.15, 0.2) is 0 Å². The zero-order chi connectivity index (χ0) is 18.7. The van der Waals surface area contributed by atoms with E-state index in [9.17, 15) is 14.7 Å². The summed E-state index contributed by atoms with van der Waals surface area (Å²) in [5.74, 6) is 0.818. The molecule has 0 spiro atoms. The number of phenolic OH excluding ortho intramolecular Hbond substituents is 1. The van der Waals surface area contributed by atoms with Crippen LogP contribution in [-0.4, -0.2) is 22.4 Å². The van der Waals surface area contributed by atoms with Crippen molar-refractivity contribution in [2.24, 2.45) is 5.92 Å². The SMILES string of the molecule is Cc1ccc(C2C(=O)CC(CCSc3ccc(O)cc3)CC2=O)c(C)c1. The van der Waals surface area contributed by atoms with Crippen LogP contribution in [0.3, 0.4) is 0 Å². The highest BCUT2D eigenvalue weighted by atomic mass is 32.2. The number of carbonyl (C=O) groups excluding carboxylic acids is 2. The Balaban J connectivity index is 1.58. The molecule has 136 valence electrons. The van der Waals surface area contributed by atoms with E-state index in [0.29, 0.717) is 12.8 Å². The number of ketones is 2. The van der Waals surface area contributed by atoms with Crippen molar-refractivity contribution < 1.29 is 14.7 Å². The Morgan fingerprint density at radius 3 is 2.27 bits per heavy atom. The van der Waals surface area contributed by atoms with Crippen molar-refractivity contribution in [2.75, 3.05) is 5.75 Å². The van der Waals surface area contributed by atoms with E-state index in [2.05, 4.69) is 0 Å². The summed E-state index contributed by atoms with van der Waals surface area (Å²) in [4.78, 5) is 26.4. The van der Waals surface area contributed by atoms with Crippen LogP contribution in [0, 0.1) is 19.8 Å². The quantitative estimate of drug-likeness (QED) is 0.607. The van der Waals surface area contributed by atoms with Crippen LogP contribution in [0.5, 0.6) is 5.75 Å². The Labute approximate surface area is 158 Å². The Morgan fingerprint density at radius 1 is 1.00 bits per heavy atom. The van der Waals surface area contributed by atoms with Gasteiger partial charge in [0.2, 0.25) is 0 Å². The van der Waals surface area contributed by atoms with Crippen LogP contribution in [0.1, 0.15) is 41.9 Å². The van der Waals surface area contributed by atoms with E-state index in [4.69, 9.17) is 0 Å². The number of aryl methyl sites for hydroxylation is 2. The summed E-state index contributed by atoms with van der Waals surface area (Å²) >= 11 is 1.69. The molecular weight excluding hydrogens is 344 g/mol. The molecule has 2 aromatic carbocycles. The molecule has 2 aromatic rings. The van der Waals surface area contributed by atoms with E-state index in [0.717, 1.165) is 33.8 Å². The number of hydrogen-bond acceptors (Lipinski definition) is 4. The maximum Gasteiger partial charge on any atom is 0.148 e. The fraction of sp³-hybridized carbons (Fsp3) is 0.364. The van der Waals surface area contributed by atoms with Gasteiger partial charge in [-0.1, -0.05) is 23.8 Å². The van der Waals surface area contributed by atoms with E-state index >= 15 is 0 Å². The number of benzene rings is 2. The second kappa shape index (κ2) is 8.09. The molecule has 4 heteroatoms. The predicted molar refractivity (Wildman–Crippen MR) is 105 cm³/mol. The minimum absolute atomic E-state index is 0.0628. The van der Waals surface area contributed by atoms with Crippen molar-refractivity contribution in [1.29, 1.82) is 0 Å². The average Bonchev–Trinajstić information content (AvgIpc) is 2.58. The summed E-state index contributed by atoms with van der Waals surface area (Å²) in [6.07, 6.45) is 1.82. The van der Waals surface area contributed by atoms with Crippen molar-refractivity contribution >= 4 is 23.3 Å². The highest BCUT2D eigenvalue weighted by Gasteiger charge is 2.36. The molecule has 1 N–H and O–H groups in total. The zero-order valence-electron chi connectivity index (χ0n) is 15.2. The molecule has 0 radical (unpaired) electrons. The molecule has 3 rings (SSSR count). The predicted octanol–water partition coefficient (Wildman–Crippen LogP) is 4.82. The molecule has 3 nitrogen and oxygen atoms in total. The maximum atomic E-state index is 12.7. The van der Waals surface area contributed by atoms with Crippen LogP contribution in [0.15, 0.2) is 47.4 Å². The van der Waals surface area contributed by atoms with Gasteiger partial charge in [0, 0.05) is 17.7 Å². The lowest BCUT2D eigenvalue weighted by Gasteiger charge is -2.27. The van der Waals surface area contributed by atoms with E-state index in [1.165, 1.54) is 0 Å². The molecule has 0 bridgehead atoms.